The molecule has 3 amide bonds. The minimum Gasteiger partial charge on any atom is -0.494 e. The highest BCUT2D eigenvalue weighted by molar-refractivity contribution is 8.09. The molecular formula is C24H19ClFN7O3S. The highest BCUT2D eigenvalue weighted by atomic mass is 35.5. The lowest BCUT2D eigenvalue weighted by Gasteiger charge is -2.40. The van der Waals surface area contributed by atoms with Gasteiger partial charge >= 0.3 is 6.03 Å². The second-order valence-electron chi connectivity index (χ2n) is 8.88. The van der Waals surface area contributed by atoms with Crippen LogP contribution in [-0.4, -0.2) is 61.8 Å². The van der Waals surface area contributed by atoms with Crippen LogP contribution in [0.2, 0.25) is 5.02 Å². The van der Waals surface area contributed by atoms with Crippen molar-refractivity contribution in [1.82, 2.24) is 24.9 Å². The first-order valence-corrected chi connectivity index (χ1v) is 12.8. The number of aromatic nitrogens is 4. The molecule has 2 aromatic heterocycles. The van der Waals surface area contributed by atoms with Crippen LogP contribution < -0.4 is 9.64 Å². The van der Waals surface area contributed by atoms with E-state index in [1.807, 2.05) is 0 Å². The lowest BCUT2D eigenvalue weighted by atomic mass is 10.0. The first-order valence-electron chi connectivity index (χ1n) is 11.5. The molecule has 1 saturated heterocycles. The summed E-state index contributed by atoms with van der Waals surface area (Å²) in [6.07, 6.45) is 6.75. The van der Waals surface area contributed by atoms with Gasteiger partial charge in [0, 0.05) is 17.0 Å². The summed E-state index contributed by atoms with van der Waals surface area (Å²) in [6.45, 7) is 0.120. The number of anilines is 1. The van der Waals surface area contributed by atoms with Crippen LogP contribution in [-0.2, 0) is 4.79 Å². The number of rotatable bonds is 6. The molecule has 10 nitrogen and oxygen atoms in total. The van der Waals surface area contributed by atoms with E-state index in [2.05, 4.69) is 21.4 Å². The third-order valence-electron chi connectivity index (χ3n) is 6.61. The van der Waals surface area contributed by atoms with Crippen molar-refractivity contribution < 1.29 is 18.7 Å². The summed E-state index contributed by atoms with van der Waals surface area (Å²) in [7, 11) is 1.35. The quantitative estimate of drug-likeness (QED) is 0.458. The maximum absolute atomic E-state index is 14.2. The van der Waals surface area contributed by atoms with Crippen molar-refractivity contribution >= 4 is 56.9 Å². The van der Waals surface area contributed by atoms with Crippen molar-refractivity contribution in [2.75, 3.05) is 18.6 Å². The Morgan fingerprint density at radius 1 is 1.30 bits per heavy atom. The van der Waals surface area contributed by atoms with Crippen molar-refractivity contribution in [1.29, 1.82) is 5.26 Å². The zero-order chi connectivity index (χ0) is 25.8. The van der Waals surface area contributed by atoms with Gasteiger partial charge in [0.05, 0.1) is 54.8 Å². The summed E-state index contributed by atoms with van der Waals surface area (Å²) in [6, 6.07) is 3.69. The van der Waals surface area contributed by atoms with E-state index in [9.17, 15) is 19.2 Å². The van der Waals surface area contributed by atoms with Crippen LogP contribution in [0.1, 0.15) is 30.9 Å². The average Bonchev–Trinajstić information content (AvgIpc) is 3.47. The molecule has 1 saturated carbocycles. The number of ether oxygens (including phenoxy) is 1. The van der Waals surface area contributed by atoms with E-state index in [1.165, 1.54) is 36.0 Å². The van der Waals surface area contributed by atoms with Gasteiger partial charge in [-0.2, -0.15) is 5.26 Å². The normalized spacial score (nSPS) is 21.3. The first-order chi connectivity index (χ1) is 17.9. The van der Waals surface area contributed by atoms with E-state index < -0.39 is 29.0 Å². The molecule has 4 heterocycles. The number of fused-ring (bicyclic) bond motifs is 2. The molecule has 0 bridgehead atoms. The number of imide groups is 1. The second-order valence-corrected chi connectivity index (χ2v) is 10.5. The lowest BCUT2D eigenvalue weighted by molar-refractivity contribution is -0.119. The molecule has 0 radical (unpaired) electrons. The van der Waals surface area contributed by atoms with Crippen LogP contribution in [0, 0.1) is 17.1 Å². The molecule has 3 aromatic rings. The van der Waals surface area contributed by atoms with Crippen molar-refractivity contribution in [3.05, 3.63) is 47.0 Å². The second kappa shape index (κ2) is 9.00. The van der Waals surface area contributed by atoms with Crippen LogP contribution >= 0.6 is 23.4 Å². The molecule has 0 spiro atoms. The van der Waals surface area contributed by atoms with Gasteiger partial charge in [-0.25, -0.2) is 18.8 Å². The Balaban J connectivity index is 1.43. The first kappa shape index (κ1) is 23.7. The van der Waals surface area contributed by atoms with Gasteiger partial charge in [0.1, 0.15) is 16.3 Å². The molecule has 2 aliphatic heterocycles. The van der Waals surface area contributed by atoms with Gasteiger partial charge in [0.25, 0.3) is 5.91 Å². The molecule has 0 N–H and O–H groups in total. The molecule has 13 heteroatoms. The van der Waals surface area contributed by atoms with Crippen molar-refractivity contribution in [3.8, 4) is 11.8 Å². The standard InChI is InChI=1S/C24H19ClFN7O3S/c1-36-19-7-13(14(25)8-15(19)26)20-9-17-22(37-20)23(34)32(24(35)31(17)6-2-5-27)18-11-28-10-16-21(18)33(30-29-16)12-3-4-12/h7-12,17,22H,2-4,6H2,1H3. The van der Waals surface area contributed by atoms with Gasteiger partial charge in [-0.05, 0) is 31.1 Å². The average molecular weight is 540 g/mol. The minimum absolute atomic E-state index is 0.0136. The minimum atomic E-state index is -0.709. The van der Waals surface area contributed by atoms with Crippen LogP contribution in [0.3, 0.4) is 0 Å². The number of hydrogen-bond acceptors (Lipinski definition) is 8. The van der Waals surface area contributed by atoms with E-state index in [0.717, 1.165) is 23.8 Å². The zero-order valence-electron chi connectivity index (χ0n) is 19.5. The highest BCUT2D eigenvalue weighted by Gasteiger charge is 2.50. The Labute approximate surface area is 219 Å². The van der Waals surface area contributed by atoms with Crippen LogP contribution in [0.5, 0.6) is 5.75 Å². The number of carbonyl (C=O) groups is 2. The van der Waals surface area contributed by atoms with Gasteiger partial charge in [-0.15, -0.1) is 16.9 Å². The molecule has 1 aromatic carbocycles. The molecule has 2 fully saturated rings. The van der Waals surface area contributed by atoms with Gasteiger partial charge in [0.15, 0.2) is 11.6 Å². The molecular weight excluding hydrogens is 521 g/mol. The molecule has 37 heavy (non-hydrogen) atoms. The summed E-state index contributed by atoms with van der Waals surface area (Å²) in [5, 5.41) is 17.1. The van der Waals surface area contributed by atoms with Gasteiger partial charge in [-0.3, -0.25) is 9.78 Å². The SMILES string of the molecule is COc1cc(C2=CC3C(S2)C(=O)N(c2cncc4nnn(C5CC5)c24)C(=O)N3CCC#N)c(Cl)cc1F. The molecule has 2 unspecified atom stereocenters. The number of urea groups is 1. The number of carbonyl (C=O) groups excluding carboxylic acids is 2. The molecule has 3 aliphatic rings. The number of halogens is 2. The van der Waals surface area contributed by atoms with Crippen LogP contribution in [0.15, 0.2) is 30.6 Å². The fourth-order valence-corrected chi connectivity index (χ4v) is 6.37. The number of hydrogen-bond donors (Lipinski definition) is 0. The third-order valence-corrected chi connectivity index (χ3v) is 8.27. The predicted octanol–water partition coefficient (Wildman–Crippen LogP) is 4.17. The number of methoxy groups -OCH3 is 1. The van der Waals surface area contributed by atoms with Crippen molar-refractivity contribution in [2.45, 2.75) is 36.6 Å². The van der Waals surface area contributed by atoms with Gasteiger partial charge < -0.3 is 9.64 Å². The highest BCUT2D eigenvalue weighted by Crippen LogP contribution is 2.48. The Bertz CT molecular complexity index is 1530. The number of amides is 3. The van der Waals surface area contributed by atoms with E-state index in [1.54, 1.807) is 17.0 Å². The Kier molecular flexibility index (Phi) is 5.77. The molecule has 2 atom stereocenters. The zero-order valence-corrected chi connectivity index (χ0v) is 21.0. The third kappa shape index (κ3) is 3.81. The molecule has 188 valence electrons. The summed E-state index contributed by atoms with van der Waals surface area (Å²) >= 11 is 7.59. The summed E-state index contributed by atoms with van der Waals surface area (Å²) in [4.78, 5) is 35.2. The summed E-state index contributed by atoms with van der Waals surface area (Å²) < 4.78 is 21.0. The summed E-state index contributed by atoms with van der Waals surface area (Å²) in [5.41, 5.74) is 1.85. The lowest BCUT2D eigenvalue weighted by Crippen LogP contribution is -2.62. The maximum atomic E-state index is 14.2. The number of pyridine rings is 1. The fraction of sp³-hybridized carbons (Fsp3) is 0.333. The number of benzene rings is 1. The smallest absolute Gasteiger partial charge is 0.332 e. The maximum Gasteiger partial charge on any atom is 0.332 e. The van der Waals surface area contributed by atoms with Crippen molar-refractivity contribution in [3.63, 3.8) is 0 Å². The number of nitriles is 1. The van der Waals surface area contributed by atoms with Crippen molar-refractivity contribution in [2.24, 2.45) is 0 Å². The topological polar surface area (TPSA) is 117 Å². The molecule has 1 aliphatic carbocycles. The number of thioether (sulfide) groups is 1. The number of nitrogens with zero attached hydrogens (tertiary/aromatic N) is 7. The van der Waals surface area contributed by atoms with Gasteiger partial charge in [-0.1, -0.05) is 16.8 Å². The van der Waals surface area contributed by atoms with Crippen LogP contribution in [0.4, 0.5) is 14.9 Å². The monoisotopic (exact) mass is 539 g/mol. The fourth-order valence-electron chi connectivity index (χ4n) is 4.70. The summed E-state index contributed by atoms with van der Waals surface area (Å²) in [5.74, 6) is -1.02. The van der Waals surface area contributed by atoms with E-state index in [-0.39, 0.29) is 29.8 Å². The largest absolute Gasteiger partial charge is 0.494 e. The van der Waals surface area contributed by atoms with Crippen LogP contribution in [0.25, 0.3) is 15.9 Å². The van der Waals surface area contributed by atoms with E-state index >= 15 is 0 Å². The van der Waals surface area contributed by atoms with E-state index in [0.29, 0.717) is 27.2 Å². The van der Waals surface area contributed by atoms with Gasteiger partial charge in [0.2, 0.25) is 0 Å². The Hall–Kier alpha value is -3.69. The molecule has 6 rings (SSSR count). The Morgan fingerprint density at radius 3 is 2.84 bits per heavy atom. The predicted molar refractivity (Wildman–Crippen MR) is 135 cm³/mol. The van der Waals surface area contributed by atoms with E-state index in [4.69, 9.17) is 16.3 Å². The Morgan fingerprint density at radius 2 is 2.11 bits per heavy atom.